The van der Waals surface area contributed by atoms with Gasteiger partial charge in [0.2, 0.25) is 0 Å². The first-order valence-electron chi connectivity index (χ1n) is 3.35. The number of fused-ring (bicyclic) bond motifs is 1. The third-order valence-electron chi connectivity index (χ3n) is 1.59. The van der Waals surface area contributed by atoms with E-state index in [1.807, 2.05) is 0 Å². The summed E-state index contributed by atoms with van der Waals surface area (Å²) in [5, 5.41) is 6.86. The van der Waals surface area contributed by atoms with E-state index in [1.54, 1.807) is 0 Å². The molecule has 0 bridgehead atoms. The van der Waals surface area contributed by atoms with Gasteiger partial charge >= 0.3 is 0 Å². The summed E-state index contributed by atoms with van der Waals surface area (Å²) >= 11 is 5.74. The molecule has 1 aromatic heterocycles. The molecule has 0 aliphatic rings. The summed E-state index contributed by atoms with van der Waals surface area (Å²) < 4.78 is 26.4. The Morgan fingerprint density at radius 1 is 1.29 bits per heavy atom. The van der Waals surface area contributed by atoms with Crippen LogP contribution in [-0.4, -0.2) is 18.7 Å². The first kappa shape index (κ1) is 9.70. The van der Waals surface area contributed by atoms with Crippen molar-refractivity contribution in [2.45, 2.75) is 4.90 Å². The number of hydrogen-bond donors (Lipinski definition) is 0. The third kappa shape index (κ3) is 1.45. The summed E-state index contributed by atoms with van der Waals surface area (Å²) in [5.41, 5.74) is 0.549. The van der Waals surface area contributed by atoms with Crippen LogP contribution in [0.25, 0.3) is 11.0 Å². The van der Waals surface area contributed by atoms with Crippen LogP contribution < -0.4 is 0 Å². The molecule has 0 fully saturated rings. The van der Waals surface area contributed by atoms with Gasteiger partial charge < -0.3 is 0 Å². The lowest BCUT2D eigenvalue weighted by Gasteiger charge is -1.97. The van der Waals surface area contributed by atoms with E-state index in [1.165, 1.54) is 12.1 Å². The molecule has 0 aliphatic heterocycles. The third-order valence-corrected chi connectivity index (χ3v) is 3.45. The number of aromatic nitrogens is 2. The summed E-state index contributed by atoms with van der Waals surface area (Å²) in [7, 11) is 1.27. The first-order valence-corrected chi connectivity index (χ1v) is 6.04. The fraction of sp³-hybridized carbons (Fsp3) is 0. The smallest absolute Gasteiger partial charge is 0.243 e. The predicted molar refractivity (Wildman–Crippen MR) is 49.9 cm³/mol. The predicted octanol–water partition coefficient (Wildman–Crippen LogP) is 1.80. The molecule has 0 atom stereocenters. The Morgan fingerprint density at radius 3 is 2.64 bits per heavy atom. The zero-order valence-electron chi connectivity index (χ0n) is 6.44. The van der Waals surface area contributed by atoms with Crippen LogP contribution in [0.2, 0.25) is 5.02 Å². The first-order chi connectivity index (χ1) is 6.50. The monoisotopic (exact) mass is 252 g/mol. The number of hydrogen-bond acceptors (Lipinski definition) is 5. The molecular weight excluding hydrogens is 251 g/mol. The molecule has 2 rings (SSSR count). The Labute approximate surface area is 88.0 Å². The zero-order chi connectivity index (χ0) is 10.3. The minimum Gasteiger partial charge on any atom is -0.243 e. The molecule has 14 heavy (non-hydrogen) atoms. The molecule has 0 radical (unpaired) electrons. The summed E-state index contributed by atoms with van der Waals surface area (Å²) in [6.07, 6.45) is 0. The van der Waals surface area contributed by atoms with Gasteiger partial charge in [-0.05, 0) is 22.4 Å². The van der Waals surface area contributed by atoms with Gasteiger partial charge in [-0.15, -0.1) is 0 Å². The van der Waals surface area contributed by atoms with Gasteiger partial charge in [0.1, 0.15) is 10.4 Å². The molecule has 0 aliphatic carbocycles. The Kier molecular flexibility index (Phi) is 2.13. The van der Waals surface area contributed by atoms with E-state index in [0.717, 1.165) is 0 Å². The van der Waals surface area contributed by atoms with E-state index in [2.05, 4.69) is 14.9 Å². The van der Waals surface area contributed by atoms with Crippen LogP contribution in [-0.2, 0) is 9.05 Å². The second-order valence-corrected chi connectivity index (χ2v) is 5.36. The molecular formula is C6H2Cl2N2O3S. The normalized spacial score (nSPS) is 12.1. The second kappa shape index (κ2) is 3.08. The quantitative estimate of drug-likeness (QED) is 0.724. The van der Waals surface area contributed by atoms with Crippen molar-refractivity contribution >= 4 is 42.4 Å². The van der Waals surface area contributed by atoms with Gasteiger partial charge in [0.15, 0.2) is 5.52 Å². The topological polar surface area (TPSA) is 73.1 Å². The van der Waals surface area contributed by atoms with Gasteiger partial charge in [-0.2, -0.15) is 0 Å². The van der Waals surface area contributed by atoms with Gasteiger partial charge in [-0.3, -0.25) is 0 Å². The Hall–Kier alpha value is -0.850. The van der Waals surface area contributed by atoms with Gasteiger partial charge in [0.05, 0.1) is 5.02 Å². The van der Waals surface area contributed by atoms with E-state index in [-0.39, 0.29) is 15.4 Å². The lowest BCUT2D eigenvalue weighted by atomic mass is 10.3. The SMILES string of the molecule is O=S(=O)(Cl)c1ccc2nonc2c1Cl. The highest BCUT2D eigenvalue weighted by Gasteiger charge is 2.19. The summed E-state index contributed by atoms with van der Waals surface area (Å²) in [6, 6.07) is 2.66. The Balaban J connectivity index is 2.88. The lowest BCUT2D eigenvalue weighted by Crippen LogP contribution is -1.92. The maximum absolute atomic E-state index is 11.0. The molecule has 0 spiro atoms. The van der Waals surface area contributed by atoms with Crippen LogP contribution in [0.4, 0.5) is 0 Å². The van der Waals surface area contributed by atoms with E-state index >= 15 is 0 Å². The minimum atomic E-state index is -3.87. The fourth-order valence-electron chi connectivity index (χ4n) is 0.990. The molecule has 0 amide bonds. The Bertz CT molecular complexity index is 592. The highest BCUT2D eigenvalue weighted by Crippen LogP contribution is 2.30. The van der Waals surface area contributed by atoms with E-state index in [0.29, 0.717) is 5.52 Å². The maximum atomic E-state index is 11.0. The van der Waals surface area contributed by atoms with Crippen LogP contribution in [0.15, 0.2) is 21.7 Å². The van der Waals surface area contributed by atoms with Gasteiger partial charge in [0, 0.05) is 10.7 Å². The number of benzene rings is 1. The number of rotatable bonds is 1. The van der Waals surface area contributed by atoms with Crippen molar-refractivity contribution in [1.82, 2.24) is 10.3 Å². The molecule has 2 aromatic rings. The van der Waals surface area contributed by atoms with Gasteiger partial charge in [-0.1, -0.05) is 11.6 Å². The lowest BCUT2D eigenvalue weighted by molar-refractivity contribution is 0.315. The Morgan fingerprint density at radius 2 is 2.00 bits per heavy atom. The summed E-state index contributed by atoms with van der Waals surface area (Å²) in [6.45, 7) is 0. The molecule has 74 valence electrons. The van der Waals surface area contributed by atoms with Gasteiger partial charge in [0.25, 0.3) is 9.05 Å². The summed E-state index contributed by atoms with van der Waals surface area (Å²) in [4.78, 5) is -0.205. The maximum Gasteiger partial charge on any atom is 0.262 e. The summed E-state index contributed by atoms with van der Waals surface area (Å²) in [5.74, 6) is 0. The fourth-order valence-corrected chi connectivity index (χ4v) is 2.53. The van der Waals surface area contributed by atoms with Crippen LogP contribution in [0.5, 0.6) is 0 Å². The van der Waals surface area contributed by atoms with Crippen LogP contribution in [0, 0.1) is 0 Å². The van der Waals surface area contributed by atoms with Crippen molar-refractivity contribution in [3.05, 3.63) is 17.2 Å². The van der Waals surface area contributed by atoms with Crippen LogP contribution >= 0.6 is 22.3 Å². The van der Waals surface area contributed by atoms with Crippen molar-refractivity contribution in [3.8, 4) is 0 Å². The number of halogens is 2. The van der Waals surface area contributed by atoms with E-state index in [9.17, 15) is 8.42 Å². The molecule has 1 heterocycles. The second-order valence-electron chi connectivity index (χ2n) is 2.45. The molecule has 0 N–H and O–H groups in total. The molecule has 0 saturated carbocycles. The van der Waals surface area contributed by atoms with Gasteiger partial charge in [-0.25, -0.2) is 13.0 Å². The minimum absolute atomic E-state index is 0.0845. The van der Waals surface area contributed by atoms with Crippen molar-refractivity contribution in [2.75, 3.05) is 0 Å². The molecule has 0 unspecified atom stereocenters. The standard InChI is InChI=1S/C6H2Cl2N2O3S/c7-5-4(14(8,11)12)2-1-3-6(5)10-13-9-3/h1-2H. The highest BCUT2D eigenvalue weighted by atomic mass is 35.7. The van der Waals surface area contributed by atoms with Crippen molar-refractivity contribution in [3.63, 3.8) is 0 Å². The van der Waals surface area contributed by atoms with Crippen molar-refractivity contribution in [1.29, 1.82) is 0 Å². The van der Waals surface area contributed by atoms with E-state index in [4.69, 9.17) is 22.3 Å². The van der Waals surface area contributed by atoms with Crippen LogP contribution in [0.1, 0.15) is 0 Å². The average molecular weight is 253 g/mol. The van der Waals surface area contributed by atoms with E-state index < -0.39 is 9.05 Å². The molecule has 8 heteroatoms. The number of nitrogens with zero attached hydrogens (tertiary/aromatic N) is 2. The van der Waals surface area contributed by atoms with Crippen LogP contribution in [0.3, 0.4) is 0 Å². The highest BCUT2D eigenvalue weighted by molar-refractivity contribution is 8.13. The molecule has 5 nitrogen and oxygen atoms in total. The molecule has 1 aromatic carbocycles. The average Bonchev–Trinajstić information content (AvgIpc) is 2.50. The van der Waals surface area contributed by atoms with Crippen molar-refractivity contribution in [2.24, 2.45) is 0 Å². The van der Waals surface area contributed by atoms with Crippen molar-refractivity contribution < 1.29 is 13.0 Å². The zero-order valence-corrected chi connectivity index (χ0v) is 8.77. The largest absolute Gasteiger partial charge is 0.262 e. The molecule has 0 saturated heterocycles.